The van der Waals surface area contributed by atoms with Crippen LogP contribution in [0.3, 0.4) is 0 Å². The molecule has 0 saturated carbocycles. The van der Waals surface area contributed by atoms with Crippen molar-refractivity contribution >= 4 is 5.69 Å². The van der Waals surface area contributed by atoms with Gasteiger partial charge in [0.25, 0.3) is 0 Å². The number of ether oxygens (including phenoxy) is 1. The van der Waals surface area contributed by atoms with Gasteiger partial charge >= 0.3 is 0 Å². The highest BCUT2D eigenvalue weighted by Gasteiger charge is 2.23. The van der Waals surface area contributed by atoms with Gasteiger partial charge < -0.3 is 10.5 Å². The van der Waals surface area contributed by atoms with E-state index in [4.69, 9.17) is 10.5 Å². The number of nitrogens with zero attached hydrogens (tertiary/aromatic N) is 2. The van der Waals surface area contributed by atoms with E-state index in [1.165, 1.54) is 0 Å². The predicted octanol–water partition coefficient (Wildman–Crippen LogP) is 2.33. The lowest BCUT2D eigenvalue weighted by molar-refractivity contribution is 0.193. The molecular formula is C12H21N3O. The fraction of sp³-hybridized carbons (Fsp3) is 0.750. The minimum absolute atomic E-state index is 0.399. The maximum atomic E-state index is 6.03. The fourth-order valence-corrected chi connectivity index (χ4v) is 2.34. The molecule has 2 heterocycles. The highest BCUT2D eigenvalue weighted by Crippen LogP contribution is 2.29. The van der Waals surface area contributed by atoms with E-state index in [0.29, 0.717) is 12.0 Å². The Morgan fingerprint density at radius 1 is 1.56 bits per heavy atom. The lowest BCUT2D eigenvalue weighted by atomic mass is 10.0. The fourth-order valence-electron chi connectivity index (χ4n) is 2.34. The van der Waals surface area contributed by atoms with E-state index in [1.54, 1.807) is 0 Å². The zero-order valence-electron chi connectivity index (χ0n) is 10.1. The second kappa shape index (κ2) is 4.87. The molecule has 1 fully saturated rings. The zero-order valence-corrected chi connectivity index (χ0v) is 10.1. The molecule has 1 saturated heterocycles. The standard InChI is InChI=1S/C12H21N3O/c1-3-10(4-2)15-7-11(13)12(14-15)9-5-6-16-8-9/h7,9-10H,3-6,8,13H2,1-2H3. The van der Waals surface area contributed by atoms with Crippen LogP contribution in [0.5, 0.6) is 0 Å². The Balaban J connectivity index is 2.20. The summed E-state index contributed by atoms with van der Waals surface area (Å²) >= 11 is 0. The maximum Gasteiger partial charge on any atom is 0.0908 e. The third-order valence-corrected chi connectivity index (χ3v) is 3.42. The van der Waals surface area contributed by atoms with Crippen molar-refractivity contribution in [3.63, 3.8) is 0 Å². The van der Waals surface area contributed by atoms with Crippen molar-refractivity contribution in [2.75, 3.05) is 18.9 Å². The van der Waals surface area contributed by atoms with Crippen molar-refractivity contribution < 1.29 is 4.74 Å². The average molecular weight is 223 g/mol. The highest BCUT2D eigenvalue weighted by molar-refractivity contribution is 5.43. The van der Waals surface area contributed by atoms with Gasteiger partial charge in [0.2, 0.25) is 0 Å². The number of rotatable bonds is 4. The molecule has 1 aromatic rings. The average Bonchev–Trinajstić information content (AvgIpc) is 2.89. The minimum Gasteiger partial charge on any atom is -0.396 e. The van der Waals surface area contributed by atoms with Gasteiger partial charge in [-0.25, -0.2) is 0 Å². The molecular weight excluding hydrogens is 202 g/mol. The maximum absolute atomic E-state index is 6.03. The third kappa shape index (κ3) is 2.07. The molecule has 0 radical (unpaired) electrons. The van der Waals surface area contributed by atoms with Crippen LogP contribution in [0.4, 0.5) is 5.69 Å². The summed E-state index contributed by atoms with van der Waals surface area (Å²) in [4.78, 5) is 0. The summed E-state index contributed by atoms with van der Waals surface area (Å²) in [5, 5.41) is 4.65. The molecule has 0 aromatic carbocycles. The van der Waals surface area contributed by atoms with Gasteiger partial charge in [0.05, 0.1) is 24.0 Å². The highest BCUT2D eigenvalue weighted by atomic mass is 16.5. The Morgan fingerprint density at radius 3 is 2.88 bits per heavy atom. The number of nitrogens with two attached hydrogens (primary N) is 1. The molecule has 1 atom stereocenters. The molecule has 1 aliphatic rings. The summed E-state index contributed by atoms with van der Waals surface area (Å²) in [6.45, 7) is 5.97. The van der Waals surface area contributed by atoms with E-state index in [1.807, 2.05) is 10.9 Å². The van der Waals surface area contributed by atoms with E-state index in [9.17, 15) is 0 Å². The predicted molar refractivity (Wildman–Crippen MR) is 64.4 cm³/mol. The van der Waals surface area contributed by atoms with Gasteiger partial charge in [0.15, 0.2) is 0 Å². The van der Waals surface area contributed by atoms with Gasteiger partial charge in [-0.3, -0.25) is 4.68 Å². The molecule has 1 aromatic heterocycles. The summed E-state index contributed by atoms with van der Waals surface area (Å²) in [6, 6.07) is 0.471. The van der Waals surface area contributed by atoms with Crippen LogP contribution in [-0.2, 0) is 4.74 Å². The number of aromatic nitrogens is 2. The quantitative estimate of drug-likeness (QED) is 0.852. The third-order valence-electron chi connectivity index (χ3n) is 3.42. The van der Waals surface area contributed by atoms with Crippen molar-refractivity contribution in [3.05, 3.63) is 11.9 Å². The van der Waals surface area contributed by atoms with Gasteiger partial charge in [-0.15, -0.1) is 0 Å². The summed E-state index contributed by atoms with van der Waals surface area (Å²) in [5.74, 6) is 0.399. The van der Waals surface area contributed by atoms with Crippen molar-refractivity contribution in [2.24, 2.45) is 0 Å². The Labute approximate surface area is 96.8 Å². The van der Waals surface area contributed by atoms with Crippen LogP contribution in [0.25, 0.3) is 0 Å². The van der Waals surface area contributed by atoms with Crippen molar-refractivity contribution in [3.8, 4) is 0 Å². The summed E-state index contributed by atoms with van der Waals surface area (Å²) < 4.78 is 7.41. The summed E-state index contributed by atoms with van der Waals surface area (Å²) in [5.41, 5.74) is 7.88. The van der Waals surface area contributed by atoms with E-state index >= 15 is 0 Å². The number of hydrogen-bond acceptors (Lipinski definition) is 3. The largest absolute Gasteiger partial charge is 0.396 e. The van der Waals surface area contributed by atoms with Crippen molar-refractivity contribution in [1.29, 1.82) is 0 Å². The van der Waals surface area contributed by atoms with Crippen LogP contribution in [-0.4, -0.2) is 23.0 Å². The molecule has 90 valence electrons. The second-order valence-electron chi connectivity index (χ2n) is 4.48. The Kier molecular flexibility index (Phi) is 3.49. The number of anilines is 1. The first kappa shape index (κ1) is 11.5. The Hall–Kier alpha value is -1.03. The normalized spacial score (nSPS) is 20.8. The van der Waals surface area contributed by atoms with Crippen molar-refractivity contribution in [2.45, 2.75) is 45.1 Å². The molecule has 4 heteroatoms. The van der Waals surface area contributed by atoms with E-state index in [0.717, 1.165) is 43.9 Å². The van der Waals surface area contributed by atoms with Gasteiger partial charge in [-0.2, -0.15) is 5.10 Å². The molecule has 0 bridgehead atoms. The lowest BCUT2D eigenvalue weighted by Crippen LogP contribution is -2.09. The monoisotopic (exact) mass is 223 g/mol. The van der Waals surface area contributed by atoms with Crippen molar-refractivity contribution in [1.82, 2.24) is 9.78 Å². The Bertz CT molecular complexity index is 338. The van der Waals surface area contributed by atoms with Gasteiger partial charge in [-0.1, -0.05) is 13.8 Å². The van der Waals surface area contributed by atoms with Crippen LogP contribution in [0, 0.1) is 0 Å². The second-order valence-corrected chi connectivity index (χ2v) is 4.48. The van der Waals surface area contributed by atoms with Crippen LogP contribution >= 0.6 is 0 Å². The Morgan fingerprint density at radius 2 is 2.31 bits per heavy atom. The molecule has 0 amide bonds. The van der Waals surface area contributed by atoms with Gasteiger partial charge in [0.1, 0.15) is 0 Å². The van der Waals surface area contributed by atoms with Crippen LogP contribution < -0.4 is 5.73 Å². The SMILES string of the molecule is CCC(CC)n1cc(N)c(C2CCOC2)n1. The van der Waals surface area contributed by atoms with Crippen LogP contribution in [0.2, 0.25) is 0 Å². The smallest absolute Gasteiger partial charge is 0.0908 e. The molecule has 2 N–H and O–H groups in total. The van der Waals surface area contributed by atoms with Gasteiger partial charge in [-0.05, 0) is 19.3 Å². The van der Waals surface area contributed by atoms with Gasteiger partial charge in [0, 0.05) is 18.7 Å². The first-order chi connectivity index (χ1) is 7.76. The molecule has 4 nitrogen and oxygen atoms in total. The molecule has 1 unspecified atom stereocenters. The number of hydrogen-bond donors (Lipinski definition) is 1. The zero-order chi connectivity index (χ0) is 11.5. The van der Waals surface area contributed by atoms with Crippen LogP contribution in [0.1, 0.15) is 50.8 Å². The van der Waals surface area contributed by atoms with E-state index in [-0.39, 0.29) is 0 Å². The minimum atomic E-state index is 0.399. The first-order valence-corrected chi connectivity index (χ1v) is 6.18. The molecule has 0 aliphatic carbocycles. The molecule has 16 heavy (non-hydrogen) atoms. The summed E-state index contributed by atoms with van der Waals surface area (Å²) in [7, 11) is 0. The molecule has 0 spiro atoms. The number of nitrogen functional groups attached to an aromatic ring is 1. The topological polar surface area (TPSA) is 53.1 Å². The molecule has 2 rings (SSSR count). The van der Waals surface area contributed by atoms with Crippen LogP contribution in [0.15, 0.2) is 6.20 Å². The summed E-state index contributed by atoms with van der Waals surface area (Å²) in [6.07, 6.45) is 5.21. The molecule has 1 aliphatic heterocycles. The lowest BCUT2D eigenvalue weighted by Gasteiger charge is -2.12. The van der Waals surface area contributed by atoms with E-state index in [2.05, 4.69) is 18.9 Å². The van der Waals surface area contributed by atoms with E-state index < -0.39 is 0 Å². The first-order valence-electron chi connectivity index (χ1n) is 6.18.